The van der Waals surface area contributed by atoms with Crippen molar-refractivity contribution in [2.24, 2.45) is 0 Å². The van der Waals surface area contributed by atoms with E-state index >= 15 is 0 Å². The summed E-state index contributed by atoms with van der Waals surface area (Å²) in [7, 11) is 2.12. The minimum absolute atomic E-state index is 0.473. The second kappa shape index (κ2) is 6.85. The molecule has 0 bridgehead atoms. The Morgan fingerprint density at radius 2 is 2.37 bits per heavy atom. The van der Waals surface area contributed by atoms with E-state index in [2.05, 4.69) is 16.9 Å². The third kappa shape index (κ3) is 3.90. The van der Waals surface area contributed by atoms with Crippen molar-refractivity contribution in [1.82, 2.24) is 9.88 Å². The first-order valence-electron chi connectivity index (χ1n) is 7.12. The van der Waals surface area contributed by atoms with Crippen LogP contribution >= 0.6 is 0 Å². The lowest BCUT2D eigenvalue weighted by molar-refractivity contribution is 0.197. The van der Waals surface area contributed by atoms with Crippen LogP contribution in [-0.4, -0.2) is 36.1 Å². The van der Waals surface area contributed by atoms with Crippen molar-refractivity contribution in [2.45, 2.75) is 44.8 Å². The molecule has 1 saturated heterocycles. The standard InChI is InChI=1S/C15H23FN2O/c1-3-5-15(16)12-8-14(10-17-9-12)19-11-13-6-4-7-18(13)2/h8-10,13,15H,3-7,11H2,1-2H3/t13-,15?/m0/s1. The van der Waals surface area contributed by atoms with Crippen LogP contribution in [0.1, 0.15) is 44.3 Å². The summed E-state index contributed by atoms with van der Waals surface area (Å²) >= 11 is 0. The SMILES string of the molecule is CCCC(F)c1cncc(OC[C@@H]2CCCN2C)c1. The van der Waals surface area contributed by atoms with Crippen LogP contribution in [0.3, 0.4) is 0 Å². The molecule has 4 heteroatoms. The van der Waals surface area contributed by atoms with E-state index in [4.69, 9.17) is 4.74 Å². The minimum atomic E-state index is -0.935. The van der Waals surface area contributed by atoms with E-state index in [0.29, 0.717) is 30.4 Å². The van der Waals surface area contributed by atoms with Gasteiger partial charge in [-0.25, -0.2) is 4.39 Å². The van der Waals surface area contributed by atoms with Gasteiger partial charge in [-0.15, -0.1) is 0 Å². The zero-order valence-corrected chi connectivity index (χ0v) is 11.8. The third-order valence-corrected chi connectivity index (χ3v) is 3.75. The predicted octanol–water partition coefficient (Wildman–Crippen LogP) is 3.37. The summed E-state index contributed by atoms with van der Waals surface area (Å²) in [6.45, 7) is 3.78. The minimum Gasteiger partial charge on any atom is -0.490 e. The monoisotopic (exact) mass is 266 g/mol. The highest BCUT2D eigenvalue weighted by molar-refractivity contribution is 5.25. The van der Waals surface area contributed by atoms with E-state index in [1.165, 1.54) is 12.8 Å². The number of likely N-dealkylation sites (tertiary alicyclic amines) is 1. The molecule has 2 heterocycles. The molecule has 1 aliphatic rings. The first kappa shape index (κ1) is 14.3. The molecule has 1 fully saturated rings. The normalized spacial score (nSPS) is 21.5. The van der Waals surface area contributed by atoms with Crippen LogP contribution in [0, 0.1) is 0 Å². The topological polar surface area (TPSA) is 25.4 Å². The summed E-state index contributed by atoms with van der Waals surface area (Å²) in [6, 6.07) is 2.25. The fourth-order valence-corrected chi connectivity index (χ4v) is 2.49. The Kier molecular flexibility index (Phi) is 5.14. The average Bonchev–Trinajstić information content (AvgIpc) is 2.82. The number of hydrogen-bond acceptors (Lipinski definition) is 3. The Morgan fingerprint density at radius 1 is 1.53 bits per heavy atom. The average molecular weight is 266 g/mol. The third-order valence-electron chi connectivity index (χ3n) is 3.75. The largest absolute Gasteiger partial charge is 0.490 e. The van der Waals surface area contributed by atoms with Crippen LogP contribution in [0.5, 0.6) is 5.75 Å². The highest BCUT2D eigenvalue weighted by atomic mass is 19.1. The van der Waals surface area contributed by atoms with Gasteiger partial charge in [-0.3, -0.25) is 4.98 Å². The number of aromatic nitrogens is 1. The maximum Gasteiger partial charge on any atom is 0.138 e. The molecule has 0 N–H and O–H groups in total. The fraction of sp³-hybridized carbons (Fsp3) is 0.667. The Morgan fingerprint density at radius 3 is 3.05 bits per heavy atom. The zero-order valence-electron chi connectivity index (χ0n) is 11.8. The predicted molar refractivity (Wildman–Crippen MR) is 74.1 cm³/mol. The van der Waals surface area contributed by atoms with E-state index in [1.54, 1.807) is 18.5 Å². The molecule has 0 aromatic carbocycles. The number of ether oxygens (including phenoxy) is 1. The Bertz CT molecular complexity index is 399. The second-order valence-corrected chi connectivity index (χ2v) is 5.30. The van der Waals surface area contributed by atoms with Gasteiger partial charge in [0.1, 0.15) is 18.5 Å². The molecule has 1 aromatic rings. The van der Waals surface area contributed by atoms with Crippen LogP contribution in [0.15, 0.2) is 18.5 Å². The van der Waals surface area contributed by atoms with Gasteiger partial charge >= 0.3 is 0 Å². The van der Waals surface area contributed by atoms with Gasteiger partial charge in [0.25, 0.3) is 0 Å². The van der Waals surface area contributed by atoms with Gasteiger partial charge < -0.3 is 9.64 Å². The molecule has 0 radical (unpaired) electrons. The van der Waals surface area contributed by atoms with Crippen molar-refractivity contribution in [2.75, 3.05) is 20.2 Å². The molecule has 1 aliphatic heterocycles. The van der Waals surface area contributed by atoms with Crippen LogP contribution in [0.4, 0.5) is 4.39 Å². The van der Waals surface area contributed by atoms with Crippen molar-refractivity contribution in [3.05, 3.63) is 24.0 Å². The number of nitrogens with zero attached hydrogens (tertiary/aromatic N) is 2. The van der Waals surface area contributed by atoms with Gasteiger partial charge in [0.15, 0.2) is 0 Å². The van der Waals surface area contributed by atoms with Crippen molar-refractivity contribution in [1.29, 1.82) is 0 Å². The van der Waals surface area contributed by atoms with Crippen molar-refractivity contribution < 1.29 is 9.13 Å². The fourth-order valence-electron chi connectivity index (χ4n) is 2.49. The number of rotatable bonds is 6. The van der Waals surface area contributed by atoms with Gasteiger partial charge in [-0.1, -0.05) is 13.3 Å². The molecule has 0 spiro atoms. The van der Waals surface area contributed by atoms with Gasteiger partial charge in [0.05, 0.1) is 6.20 Å². The lowest BCUT2D eigenvalue weighted by Crippen LogP contribution is -2.30. The highest BCUT2D eigenvalue weighted by Gasteiger charge is 2.21. The molecule has 106 valence electrons. The molecule has 1 aromatic heterocycles. The number of alkyl halides is 1. The van der Waals surface area contributed by atoms with Gasteiger partial charge in [-0.05, 0) is 38.9 Å². The summed E-state index contributed by atoms with van der Waals surface area (Å²) in [5, 5.41) is 0. The first-order valence-corrected chi connectivity index (χ1v) is 7.12. The molecule has 1 unspecified atom stereocenters. The van der Waals surface area contributed by atoms with Crippen molar-refractivity contribution in [3.63, 3.8) is 0 Å². The van der Waals surface area contributed by atoms with E-state index in [-0.39, 0.29) is 0 Å². The van der Waals surface area contributed by atoms with Crippen LogP contribution < -0.4 is 4.74 Å². The summed E-state index contributed by atoms with van der Waals surface area (Å²) in [5.41, 5.74) is 0.624. The number of hydrogen-bond donors (Lipinski definition) is 0. The van der Waals surface area contributed by atoms with Crippen molar-refractivity contribution in [3.8, 4) is 5.75 Å². The zero-order chi connectivity index (χ0) is 13.7. The smallest absolute Gasteiger partial charge is 0.138 e. The van der Waals surface area contributed by atoms with Gasteiger partial charge in [0.2, 0.25) is 0 Å². The molecule has 3 nitrogen and oxygen atoms in total. The van der Waals surface area contributed by atoms with E-state index in [1.807, 2.05) is 6.92 Å². The molecular formula is C15H23FN2O. The summed E-state index contributed by atoms with van der Waals surface area (Å²) < 4.78 is 19.6. The lowest BCUT2D eigenvalue weighted by atomic mass is 10.1. The first-order chi connectivity index (χ1) is 9.20. The molecule has 2 atom stereocenters. The maximum absolute atomic E-state index is 13.8. The Hall–Kier alpha value is -1.16. The quantitative estimate of drug-likeness (QED) is 0.789. The number of halogens is 1. The summed E-state index contributed by atoms with van der Waals surface area (Å²) in [5.74, 6) is 0.677. The summed E-state index contributed by atoms with van der Waals surface area (Å²) in [6.07, 6.45) is 6.09. The van der Waals surface area contributed by atoms with Crippen LogP contribution in [0.2, 0.25) is 0 Å². The summed E-state index contributed by atoms with van der Waals surface area (Å²) in [4.78, 5) is 6.39. The number of pyridine rings is 1. The van der Waals surface area contributed by atoms with Crippen LogP contribution in [0.25, 0.3) is 0 Å². The lowest BCUT2D eigenvalue weighted by Gasteiger charge is -2.19. The van der Waals surface area contributed by atoms with Crippen molar-refractivity contribution >= 4 is 0 Å². The molecule has 0 amide bonds. The van der Waals surface area contributed by atoms with E-state index in [0.717, 1.165) is 13.0 Å². The van der Waals surface area contributed by atoms with Crippen LogP contribution in [-0.2, 0) is 0 Å². The second-order valence-electron chi connectivity index (χ2n) is 5.30. The maximum atomic E-state index is 13.8. The van der Waals surface area contributed by atoms with Gasteiger partial charge in [0, 0.05) is 17.8 Å². The highest BCUT2D eigenvalue weighted by Crippen LogP contribution is 2.25. The molecule has 2 rings (SSSR count). The molecule has 19 heavy (non-hydrogen) atoms. The van der Waals surface area contributed by atoms with E-state index in [9.17, 15) is 4.39 Å². The van der Waals surface area contributed by atoms with E-state index < -0.39 is 6.17 Å². The molecule has 0 saturated carbocycles. The molecule has 0 aliphatic carbocycles. The molecular weight excluding hydrogens is 243 g/mol. The Labute approximate surface area is 114 Å². The van der Waals surface area contributed by atoms with Gasteiger partial charge in [-0.2, -0.15) is 0 Å². The number of likely N-dealkylation sites (N-methyl/N-ethyl adjacent to an activating group) is 1. The Balaban J connectivity index is 1.91.